The molecule has 0 saturated carbocycles. The molecule has 0 atom stereocenters. The standard InChI is InChI=1S/C12H14BrN3O/c1-7-3-4-10(17-2)8(5-7)12-11(13)9(6-14)15-16-12/h3-5H,6,14H2,1-2H3,(H,15,16). The zero-order valence-corrected chi connectivity index (χ0v) is 11.3. The molecule has 5 heteroatoms. The number of nitrogens with one attached hydrogen (secondary N) is 1. The van der Waals surface area contributed by atoms with Crippen molar-refractivity contribution in [3.63, 3.8) is 0 Å². The lowest BCUT2D eigenvalue weighted by atomic mass is 10.1. The Balaban J connectivity index is 2.58. The van der Waals surface area contributed by atoms with Gasteiger partial charge in [-0.3, -0.25) is 5.10 Å². The van der Waals surface area contributed by atoms with E-state index in [0.29, 0.717) is 6.54 Å². The molecule has 1 heterocycles. The van der Waals surface area contributed by atoms with Crippen LogP contribution in [0.2, 0.25) is 0 Å². The van der Waals surface area contributed by atoms with E-state index in [2.05, 4.69) is 26.1 Å². The van der Waals surface area contributed by atoms with Gasteiger partial charge >= 0.3 is 0 Å². The minimum atomic E-state index is 0.418. The molecule has 0 amide bonds. The average molecular weight is 296 g/mol. The number of hydrogen-bond donors (Lipinski definition) is 2. The third kappa shape index (κ3) is 2.21. The number of halogens is 1. The number of aromatic amines is 1. The maximum atomic E-state index is 5.61. The predicted molar refractivity (Wildman–Crippen MR) is 70.9 cm³/mol. The van der Waals surface area contributed by atoms with Crippen LogP contribution in [0.3, 0.4) is 0 Å². The molecule has 2 rings (SSSR count). The van der Waals surface area contributed by atoms with Crippen LogP contribution in [0.1, 0.15) is 11.3 Å². The number of nitrogens with zero attached hydrogens (tertiary/aromatic N) is 1. The number of benzene rings is 1. The van der Waals surface area contributed by atoms with Gasteiger partial charge in [-0.2, -0.15) is 5.10 Å². The van der Waals surface area contributed by atoms with E-state index in [9.17, 15) is 0 Å². The lowest BCUT2D eigenvalue weighted by molar-refractivity contribution is 0.416. The summed E-state index contributed by atoms with van der Waals surface area (Å²) in [4.78, 5) is 0. The number of aromatic nitrogens is 2. The van der Waals surface area contributed by atoms with Crippen molar-refractivity contribution in [3.8, 4) is 17.0 Å². The maximum absolute atomic E-state index is 5.61. The highest BCUT2D eigenvalue weighted by molar-refractivity contribution is 9.10. The monoisotopic (exact) mass is 295 g/mol. The van der Waals surface area contributed by atoms with Crippen molar-refractivity contribution in [3.05, 3.63) is 33.9 Å². The van der Waals surface area contributed by atoms with E-state index in [0.717, 1.165) is 32.7 Å². The second-order valence-electron chi connectivity index (χ2n) is 3.77. The van der Waals surface area contributed by atoms with Crippen molar-refractivity contribution < 1.29 is 4.74 Å². The summed E-state index contributed by atoms with van der Waals surface area (Å²) < 4.78 is 6.24. The molecule has 0 radical (unpaired) electrons. The molecule has 0 saturated heterocycles. The summed E-state index contributed by atoms with van der Waals surface area (Å²) in [5.74, 6) is 0.798. The van der Waals surface area contributed by atoms with Gasteiger partial charge in [0.15, 0.2) is 0 Å². The van der Waals surface area contributed by atoms with E-state index in [1.54, 1.807) is 7.11 Å². The number of methoxy groups -OCH3 is 1. The van der Waals surface area contributed by atoms with Crippen LogP contribution in [0.25, 0.3) is 11.3 Å². The first-order chi connectivity index (χ1) is 8.17. The quantitative estimate of drug-likeness (QED) is 0.915. The normalized spacial score (nSPS) is 10.6. The van der Waals surface area contributed by atoms with Crippen molar-refractivity contribution in [1.29, 1.82) is 0 Å². The second kappa shape index (κ2) is 4.89. The molecule has 2 aromatic rings. The molecule has 0 fully saturated rings. The van der Waals surface area contributed by atoms with Crippen LogP contribution in [-0.4, -0.2) is 17.3 Å². The van der Waals surface area contributed by atoms with Crippen molar-refractivity contribution in [2.24, 2.45) is 5.73 Å². The SMILES string of the molecule is COc1ccc(C)cc1-c1n[nH]c(CN)c1Br. The van der Waals surface area contributed by atoms with Crippen LogP contribution >= 0.6 is 15.9 Å². The topological polar surface area (TPSA) is 63.9 Å². The van der Waals surface area contributed by atoms with Gasteiger partial charge in [0.25, 0.3) is 0 Å². The van der Waals surface area contributed by atoms with Gasteiger partial charge in [-0.1, -0.05) is 11.6 Å². The van der Waals surface area contributed by atoms with E-state index in [1.807, 2.05) is 25.1 Å². The molecule has 0 spiro atoms. The van der Waals surface area contributed by atoms with E-state index >= 15 is 0 Å². The number of nitrogens with two attached hydrogens (primary N) is 1. The fraction of sp³-hybridized carbons (Fsp3) is 0.250. The van der Waals surface area contributed by atoms with Crippen molar-refractivity contribution in [2.45, 2.75) is 13.5 Å². The van der Waals surface area contributed by atoms with Crippen molar-refractivity contribution in [1.82, 2.24) is 10.2 Å². The summed E-state index contributed by atoms with van der Waals surface area (Å²) in [5, 5.41) is 7.19. The fourth-order valence-electron chi connectivity index (χ4n) is 1.69. The first kappa shape index (κ1) is 12.1. The largest absolute Gasteiger partial charge is 0.496 e. The number of ether oxygens (including phenoxy) is 1. The van der Waals surface area contributed by atoms with Gasteiger partial charge in [-0.15, -0.1) is 0 Å². The molecule has 4 nitrogen and oxygen atoms in total. The zero-order valence-electron chi connectivity index (χ0n) is 9.75. The first-order valence-electron chi connectivity index (χ1n) is 5.25. The van der Waals surface area contributed by atoms with Gasteiger partial charge in [-0.25, -0.2) is 0 Å². The van der Waals surface area contributed by atoms with Gasteiger partial charge in [0.1, 0.15) is 11.4 Å². The average Bonchev–Trinajstić information content (AvgIpc) is 2.70. The highest BCUT2D eigenvalue weighted by Crippen LogP contribution is 2.35. The fourth-order valence-corrected chi connectivity index (χ4v) is 2.24. The van der Waals surface area contributed by atoms with Crippen LogP contribution in [0, 0.1) is 6.92 Å². The smallest absolute Gasteiger partial charge is 0.128 e. The van der Waals surface area contributed by atoms with Gasteiger partial charge in [0.2, 0.25) is 0 Å². The van der Waals surface area contributed by atoms with Crippen LogP contribution in [0.15, 0.2) is 22.7 Å². The Labute approximate surface area is 108 Å². The van der Waals surface area contributed by atoms with Gasteiger partial charge in [-0.05, 0) is 35.0 Å². The molecular weight excluding hydrogens is 282 g/mol. The summed E-state index contributed by atoms with van der Waals surface area (Å²) >= 11 is 3.51. The summed E-state index contributed by atoms with van der Waals surface area (Å²) in [5.41, 5.74) is 9.42. The molecule has 0 aliphatic carbocycles. The molecule has 1 aromatic carbocycles. The zero-order chi connectivity index (χ0) is 12.4. The Morgan fingerprint density at radius 1 is 1.47 bits per heavy atom. The molecule has 0 aliphatic rings. The Morgan fingerprint density at radius 2 is 2.24 bits per heavy atom. The van der Waals surface area contributed by atoms with E-state index in [4.69, 9.17) is 10.5 Å². The minimum Gasteiger partial charge on any atom is -0.496 e. The lowest BCUT2D eigenvalue weighted by Crippen LogP contribution is -1.96. The predicted octanol–water partition coefficient (Wildman–Crippen LogP) is 2.61. The third-order valence-electron chi connectivity index (χ3n) is 2.59. The molecule has 0 unspecified atom stereocenters. The van der Waals surface area contributed by atoms with Crippen LogP contribution in [-0.2, 0) is 6.54 Å². The summed E-state index contributed by atoms with van der Waals surface area (Å²) in [7, 11) is 1.65. The van der Waals surface area contributed by atoms with Crippen molar-refractivity contribution >= 4 is 15.9 Å². The van der Waals surface area contributed by atoms with Gasteiger partial charge in [0.05, 0.1) is 17.3 Å². The first-order valence-corrected chi connectivity index (χ1v) is 6.04. The number of H-pyrrole nitrogens is 1. The Bertz CT molecular complexity index is 537. The molecule has 0 bridgehead atoms. The summed E-state index contributed by atoms with van der Waals surface area (Å²) in [6, 6.07) is 5.99. The highest BCUT2D eigenvalue weighted by Gasteiger charge is 2.15. The molecular formula is C12H14BrN3O. The minimum absolute atomic E-state index is 0.418. The molecule has 3 N–H and O–H groups in total. The van der Waals surface area contributed by atoms with E-state index < -0.39 is 0 Å². The maximum Gasteiger partial charge on any atom is 0.128 e. The highest BCUT2D eigenvalue weighted by atomic mass is 79.9. The van der Waals surface area contributed by atoms with Crippen LogP contribution in [0.5, 0.6) is 5.75 Å². The van der Waals surface area contributed by atoms with Crippen molar-refractivity contribution in [2.75, 3.05) is 7.11 Å². The lowest BCUT2D eigenvalue weighted by Gasteiger charge is -2.07. The van der Waals surface area contributed by atoms with Crippen LogP contribution < -0.4 is 10.5 Å². The number of rotatable bonds is 3. The van der Waals surface area contributed by atoms with Gasteiger partial charge < -0.3 is 10.5 Å². The number of hydrogen-bond acceptors (Lipinski definition) is 3. The molecule has 0 aliphatic heterocycles. The Hall–Kier alpha value is -1.33. The number of aryl methyl sites for hydroxylation is 1. The summed E-state index contributed by atoms with van der Waals surface area (Å²) in [6.07, 6.45) is 0. The Kier molecular flexibility index (Phi) is 3.49. The molecule has 1 aromatic heterocycles. The third-order valence-corrected chi connectivity index (χ3v) is 3.44. The van der Waals surface area contributed by atoms with Crippen LogP contribution in [0.4, 0.5) is 0 Å². The van der Waals surface area contributed by atoms with E-state index in [1.165, 1.54) is 0 Å². The Morgan fingerprint density at radius 3 is 2.82 bits per heavy atom. The van der Waals surface area contributed by atoms with E-state index in [-0.39, 0.29) is 0 Å². The molecule has 17 heavy (non-hydrogen) atoms. The summed E-state index contributed by atoms with van der Waals surface area (Å²) in [6.45, 7) is 2.45. The second-order valence-corrected chi connectivity index (χ2v) is 4.57. The molecule has 90 valence electrons. The van der Waals surface area contributed by atoms with Gasteiger partial charge in [0, 0.05) is 12.1 Å².